The van der Waals surface area contributed by atoms with Crippen LogP contribution in [0.1, 0.15) is 43.5 Å². The molecule has 1 atom stereocenters. The van der Waals surface area contributed by atoms with Crippen LogP contribution >= 0.6 is 0 Å². The second kappa shape index (κ2) is 11.9. The summed E-state index contributed by atoms with van der Waals surface area (Å²) in [7, 11) is 3.12. The summed E-state index contributed by atoms with van der Waals surface area (Å²) in [5.74, 6) is 0.199. The predicted octanol–water partition coefficient (Wildman–Crippen LogP) is 2.76. The lowest BCUT2D eigenvalue weighted by Crippen LogP contribution is -3.12. The number of rotatable bonds is 11. The first-order chi connectivity index (χ1) is 17.3. The number of hydrogen-bond donors (Lipinski definition) is 2. The molecule has 194 valence electrons. The molecule has 1 amide bonds. The first-order valence-corrected chi connectivity index (χ1v) is 12.4. The number of likely N-dealkylation sites (tertiary alicyclic amines) is 1. The lowest BCUT2D eigenvalue weighted by molar-refractivity contribution is -0.895. The van der Waals surface area contributed by atoms with Gasteiger partial charge in [-0.1, -0.05) is 6.07 Å². The molecule has 1 heterocycles. The molecule has 1 fully saturated rings. The molecule has 2 aromatic carbocycles. The number of amides is 1. The zero-order chi connectivity index (χ0) is 26.4. The fourth-order valence-electron chi connectivity index (χ4n) is 4.65. The van der Waals surface area contributed by atoms with Gasteiger partial charge in [0, 0.05) is 5.56 Å². The van der Waals surface area contributed by atoms with Crippen molar-refractivity contribution in [3.05, 3.63) is 58.7 Å². The second-order valence-electron chi connectivity index (χ2n) is 8.73. The van der Waals surface area contributed by atoms with Gasteiger partial charge < -0.3 is 29.1 Å². The van der Waals surface area contributed by atoms with E-state index in [-0.39, 0.29) is 11.3 Å². The highest BCUT2D eigenvalue weighted by molar-refractivity contribution is 6.46. The minimum atomic E-state index is -0.757. The standard InChI is InChI=1S/C28H36N2O6/c1-7-29(8-2)14-15-30-25(19-10-13-22(36-9-3)23(17-19)35-6)24(27(32)28(30)33)26(31)20-11-12-21(34-5)18(4)16-20/h10-13,16-17,25,31H,7-9,14-15H2,1-6H3/p+1/t25-/m1/s1. The number of nitrogens with zero attached hydrogens (tertiary/aromatic N) is 1. The lowest BCUT2D eigenvalue weighted by Gasteiger charge is -2.27. The minimum Gasteiger partial charge on any atom is -0.507 e. The average molecular weight is 498 g/mol. The van der Waals surface area contributed by atoms with E-state index in [2.05, 4.69) is 13.8 Å². The maximum Gasteiger partial charge on any atom is 0.295 e. The number of benzene rings is 2. The Morgan fingerprint density at radius 1 is 0.972 bits per heavy atom. The van der Waals surface area contributed by atoms with Crippen molar-refractivity contribution in [1.82, 2.24) is 4.90 Å². The quantitative estimate of drug-likeness (QED) is 0.282. The van der Waals surface area contributed by atoms with Crippen LogP contribution < -0.4 is 19.1 Å². The summed E-state index contributed by atoms with van der Waals surface area (Å²) in [6.07, 6.45) is 0. The highest BCUT2D eigenvalue weighted by Gasteiger charge is 2.46. The Kier molecular flexibility index (Phi) is 8.98. The Balaban J connectivity index is 2.16. The van der Waals surface area contributed by atoms with Crippen LogP contribution in [0.15, 0.2) is 42.0 Å². The number of likely N-dealkylation sites (N-methyl/N-ethyl adjacent to an activating group) is 1. The van der Waals surface area contributed by atoms with E-state index in [9.17, 15) is 14.7 Å². The molecule has 2 aromatic rings. The lowest BCUT2D eigenvalue weighted by atomic mass is 9.94. The molecule has 0 radical (unpaired) electrons. The molecular formula is C28H37N2O6+. The van der Waals surface area contributed by atoms with Crippen molar-refractivity contribution < 1.29 is 33.8 Å². The van der Waals surface area contributed by atoms with Gasteiger partial charge in [0.2, 0.25) is 0 Å². The molecule has 3 rings (SSSR count). The first kappa shape index (κ1) is 27.1. The molecule has 0 spiro atoms. The molecule has 0 aliphatic carbocycles. The number of carbonyl (C=O) groups is 2. The molecular weight excluding hydrogens is 460 g/mol. The Labute approximate surface area is 213 Å². The first-order valence-electron chi connectivity index (χ1n) is 12.4. The monoisotopic (exact) mass is 497 g/mol. The number of aryl methyl sites for hydroxylation is 1. The number of hydrogen-bond acceptors (Lipinski definition) is 6. The maximum absolute atomic E-state index is 13.3. The summed E-state index contributed by atoms with van der Waals surface area (Å²) < 4.78 is 16.5. The van der Waals surface area contributed by atoms with Gasteiger partial charge in [0.1, 0.15) is 11.5 Å². The SMILES string of the molecule is CCOc1ccc([C@@H]2C(=C(O)c3ccc(OC)c(C)c3)C(=O)C(=O)N2CC[NH+](CC)CC)cc1OC. The largest absolute Gasteiger partial charge is 0.507 e. The number of ketones is 1. The zero-order valence-electron chi connectivity index (χ0n) is 22.0. The molecule has 36 heavy (non-hydrogen) atoms. The van der Waals surface area contributed by atoms with Gasteiger partial charge in [0.25, 0.3) is 11.7 Å². The molecule has 1 saturated heterocycles. The van der Waals surface area contributed by atoms with E-state index < -0.39 is 17.7 Å². The number of aliphatic hydroxyl groups excluding tert-OH is 1. The van der Waals surface area contributed by atoms with Crippen LogP contribution in [0.5, 0.6) is 17.2 Å². The number of carbonyl (C=O) groups excluding carboxylic acids is 2. The van der Waals surface area contributed by atoms with Crippen LogP contribution in [0.2, 0.25) is 0 Å². The van der Waals surface area contributed by atoms with Crippen LogP contribution in [0.25, 0.3) is 5.76 Å². The number of Topliss-reactive ketones (excluding diaryl/α,β-unsaturated/α-hetero) is 1. The van der Waals surface area contributed by atoms with Gasteiger partial charge in [-0.3, -0.25) is 9.59 Å². The third kappa shape index (κ3) is 5.33. The Morgan fingerprint density at radius 2 is 1.64 bits per heavy atom. The van der Waals surface area contributed by atoms with Gasteiger partial charge in [-0.05, 0) is 69.2 Å². The molecule has 0 bridgehead atoms. The van der Waals surface area contributed by atoms with E-state index in [1.54, 1.807) is 49.5 Å². The second-order valence-corrected chi connectivity index (χ2v) is 8.73. The summed E-state index contributed by atoms with van der Waals surface area (Å²) in [4.78, 5) is 29.5. The normalized spacial score (nSPS) is 17.1. The van der Waals surface area contributed by atoms with Gasteiger partial charge in [0.15, 0.2) is 11.5 Å². The van der Waals surface area contributed by atoms with E-state index in [1.807, 2.05) is 19.9 Å². The Morgan fingerprint density at radius 3 is 2.22 bits per heavy atom. The number of nitrogens with one attached hydrogen (secondary N) is 1. The topological polar surface area (TPSA) is 89.7 Å². The number of quaternary nitrogens is 1. The highest BCUT2D eigenvalue weighted by atomic mass is 16.5. The van der Waals surface area contributed by atoms with Gasteiger partial charge in [-0.25, -0.2) is 0 Å². The molecule has 0 aromatic heterocycles. The summed E-state index contributed by atoms with van der Waals surface area (Å²) in [5, 5.41) is 11.4. The van der Waals surface area contributed by atoms with Crippen molar-refractivity contribution in [3.8, 4) is 17.2 Å². The predicted molar refractivity (Wildman–Crippen MR) is 138 cm³/mol. The molecule has 1 aliphatic heterocycles. The number of aliphatic hydroxyl groups is 1. The summed E-state index contributed by atoms with van der Waals surface area (Å²) in [6.45, 7) is 11.3. The molecule has 1 aliphatic rings. The summed E-state index contributed by atoms with van der Waals surface area (Å²) in [6, 6.07) is 9.76. The van der Waals surface area contributed by atoms with Crippen LogP contribution in [0.3, 0.4) is 0 Å². The van der Waals surface area contributed by atoms with Crippen molar-refractivity contribution in [1.29, 1.82) is 0 Å². The van der Waals surface area contributed by atoms with Gasteiger partial charge in [-0.15, -0.1) is 0 Å². The van der Waals surface area contributed by atoms with Crippen LogP contribution in [0, 0.1) is 6.92 Å². The van der Waals surface area contributed by atoms with Gasteiger partial charge in [0.05, 0.1) is 58.6 Å². The van der Waals surface area contributed by atoms with Crippen LogP contribution in [-0.4, -0.2) is 68.7 Å². The number of methoxy groups -OCH3 is 2. The van der Waals surface area contributed by atoms with Gasteiger partial charge in [-0.2, -0.15) is 0 Å². The minimum absolute atomic E-state index is 0.0605. The Bertz CT molecular complexity index is 1140. The van der Waals surface area contributed by atoms with E-state index in [0.717, 1.165) is 18.7 Å². The summed E-state index contributed by atoms with van der Waals surface area (Å²) >= 11 is 0. The van der Waals surface area contributed by atoms with E-state index in [4.69, 9.17) is 14.2 Å². The van der Waals surface area contributed by atoms with Crippen molar-refractivity contribution in [2.45, 2.75) is 33.7 Å². The van der Waals surface area contributed by atoms with Crippen molar-refractivity contribution in [2.24, 2.45) is 0 Å². The third-order valence-electron chi connectivity index (χ3n) is 6.72. The molecule has 2 N–H and O–H groups in total. The third-order valence-corrected chi connectivity index (χ3v) is 6.72. The van der Waals surface area contributed by atoms with E-state index in [0.29, 0.717) is 48.1 Å². The van der Waals surface area contributed by atoms with Gasteiger partial charge >= 0.3 is 0 Å². The van der Waals surface area contributed by atoms with Crippen LogP contribution in [0.4, 0.5) is 0 Å². The molecule has 8 heteroatoms. The van der Waals surface area contributed by atoms with Crippen molar-refractivity contribution >= 4 is 17.4 Å². The zero-order valence-corrected chi connectivity index (χ0v) is 22.0. The Hall–Kier alpha value is -3.52. The fourth-order valence-corrected chi connectivity index (χ4v) is 4.65. The summed E-state index contributed by atoms with van der Waals surface area (Å²) in [5.41, 5.74) is 1.98. The highest BCUT2D eigenvalue weighted by Crippen LogP contribution is 2.42. The number of ether oxygens (including phenoxy) is 3. The molecule has 0 saturated carbocycles. The maximum atomic E-state index is 13.3. The smallest absolute Gasteiger partial charge is 0.295 e. The fraction of sp³-hybridized carbons (Fsp3) is 0.429. The van der Waals surface area contributed by atoms with E-state index >= 15 is 0 Å². The molecule has 8 nitrogen and oxygen atoms in total. The van der Waals surface area contributed by atoms with Crippen molar-refractivity contribution in [3.63, 3.8) is 0 Å². The average Bonchev–Trinajstić information content (AvgIpc) is 3.14. The van der Waals surface area contributed by atoms with Crippen LogP contribution in [-0.2, 0) is 9.59 Å². The van der Waals surface area contributed by atoms with Crippen molar-refractivity contribution in [2.75, 3.05) is 47.0 Å². The molecule has 0 unspecified atom stereocenters. The van der Waals surface area contributed by atoms with E-state index in [1.165, 1.54) is 4.90 Å².